The van der Waals surface area contributed by atoms with E-state index in [0.29, 0.717) is 0 Å². The van der Waals surface area contributed by atoms with Crippen LogP contribution in [0.2, 0.25) is 0 Å². The predicted molar refractivity (Wildman–Crippen MR) is 76.6 cm³/mol. The molecule has 0 fully saturated rings. The second-order valence-electron chi connectivity index (χ2n) is 4.94. The number of aryl methyl sites for hydroxylation is 1. The molecule has 0 bridgehead atoms. The monoisotopic (exact) mass is 250 g/mol. The molecule has 0 aromatic heterocycles. The molecule has 1 atom stereocenters. The van der Waals surface area contributed by atoms with E-state index in [2.05, 4.69) is 19.9 Å². The highest BCUT2D eigenvalue weighted by Gasteiger charge is 2.05. The normalized spacial score (nSPS) is 12.2. The van der Waals surface area contributed by atoms with Crippen LogP contribution >= 0.6 is 0 Å². The summed E-state index contributed by atoms with van der Waals surface area (Å²) >= 11 is 0. The van der Waals surface area contributed by atoms with E-state index in [9.17, 15) is 0 Å². The van der Waals surface area contributed by atoms with Gasteiger partial charge in [-0.05, 0) is 42.5 Å². The Labute approximate surface area is 111 Å². The van der Waals surface area contributed by atoms with Crippen molar-refractivity contribution < 1.29 is 9.47 Å². The Balaban J connectivity index is 2.49. The molecule has 0 radical (unpaired) electrons. The lowest BCUT2D eigenvalue weighted by Gasteiger charge is -2.11. The second kappa shape index (κ2) is 8.02. The summed E-state index contributed by atoms with van der Waals surface area (Å²) in [5, 5.41) is 0. The highest BCUT2D eigenvalue weighted by molar-refractivity contribution is 5.40. The van der Waals surface area contributed by atoms with E-state index < -0.39 is 0 Å². The van der Waals surface area contributed by atoms with Gasteiger partial charge in [-0.1, -0.05) is 33.1 Å². The summed E-state index contributed by atoms with van der Waals surface area (Å²) in [5.74, 6) is 2.73. The maximum absolute atomic E-state index is 5.39. The van der Waals surface area contributed by atoms with Gasteiger partial charge in [-0.2, -0.15) is 0 Å². The summed E-state index contributed by atoms with van der Waals surface area (Å²) in [6.07, 6.45) is 6.17. The van der Waals surface area contributed by atoms with Crippen LogP contribution in [0.15, 0.2) is 18.2 Å². The Morgan fingerprint density at radius 1 is 1.11 bits per heavy atom. The predicted octanol–water partition coefficient (Wildman–Crippen LogP) is 4.46. The van der Waals surface area contributed by atoms with Gasteiger partial charge in [0.2, 0.25) is 0 Å². The van der Waals surface area contributed by atoms with Crippen molar-refractivity contribution in [2.24, 2.45) is 5.92 Å². The standard InChI is InChI=1S/C16H26O2/c1-5-13(2)8-6-7-9-14-12-15(17-3)10-11-16(14)18-4/h10-13H,5-9H2,1-4H3. The molecule has 0 heterocycles. The number of unbranched alkanes of at least 4 members (excludes halogenated alkanes) is 1. The number of rotatable bonds is 8. The summed E-state index contributed by atoms with van der Waals surface area (Å²) in [7, 11) is 3.43. The number of hydrogen-bond acceptors (Lipinski definition) is 2. The van der Waals surface area contributed by atoms with E-state index in [-0.39, 0.29) is 0 Å². The van der Waals surface area contributed by atoms with Crippen molar-refractivity contribution in [1.29, 1.82) is 0 Å². The minimum Gasteiger partial charge on any atom is -0.497 e. The SMILES string of the molecule is CCC(C)CCCCc1cc(OC)ccc1OC. The van der Waals surface area contributed by atoms with Crippen molar-refractivity contribution >= 4 is 0 Å². The van der Waals surface area contributed by atoms with Gasteiger partial charge in [0.05, 0.1) is 14.2 Å². The first-order chi connectivity index (χ1) is 8.71. The average Bonchev–Trinajstić information content (AvgIpc) is 2.42. The molecule has 1 aromatic carbocycles. The molecule has 0 amide bonds. The minimum atomic E-state index is 0.845. The molecular weight excluding hydrogens is 224 g/mol. The smallest absolute Gasteiger partial charge is 0.122 e. The fourth-order valence-corrected chi connectivity index (χ4v) is 2.09. The Hall–Kier alpha value is -1.18. The topological polar surface area (TPSA) is 18.5 Å². The number of methoxy groups -OCH3 is 2. The van der Waals surface area contributed by atoms with Gasteiger partial charge in [-0.15, -0.1) is 0 Å². The van der Waals surface area contributed by atoms with Gasteiger partial charge < -0.3 is 9.47 Å². The van der Waals surface area contributed by atoms with Crippen LogP contribution in [0.5, 0.6) is 11.5 Å². The molecule has 0 saturated carbocycles. The number of benzene rings is 1. The summed E-state index contributed by atoms with van der Waals surface area (Å²) in [6, 6.07) is 6.02. The molecule has 1 rings (SSSR count). The van der Waals surface area contributed by atoms with Gasteiger partial charge in [0.25, 0.3) is 0 Å². The Morgan fingerprint density at radius 2 is 1.89 bits per heavy atom. The zero-order valence-corrected chi connectivity index (χ0v) is 12.2. The van der Waals surface area contributed by atoms with Crippen molar-refractivity contribution in [3.8, 4) is 11.5 Å². The molecule has 2 heteroatoms. The van der Waals surface area contributed by atoms with Crippen molar-refractivity contribution in [2.75, 3.05) is 14.2 Å². The zero-order chi connectivity index (χ0) is 13.4. The van der Waals surface area contributed by atoms with E-state index in [0.717, 1.165) is 23.8 Å². The zero-order valence-electron chi connectivity index (χ0n) is 12.2. The second-order valence-corrected chi connectivity index (χ2v) is 4.94. The van der Waals surface area contributed by atoms with Gasteiger partial charge in [-0.3, -0.25) is 0 Å². The summed E-state index contributed by atoms with van der Waals surface area (Å²) in [4.78, 5) is 0. The Morgan fingerprint density at radius 3 is 2.50 bits per heavy atom. The van der Waals surface area contributed by atoms with E-state index in [1.54, 1.807) is 14.2 Å². The van der Waals surface area contributed by atoms with Gasteiger partial charge >= 0.3 is 0 Å². The van der Waals surface area contributed by atoms with Crippen molar-refractivity contribution in [3.05, 3.63) is 23.8 Å². The molecule has 1 aromatic rings. The van der Waals surface area contributed by atoms with Gasteiger partial charge in [0.1, 0.15) is 11.5 Å². The fraction of sp³-hybridized carbons (Fsp3) is 0.625. The largest absolute Gasteiger partial charge is 0.497 e. The lowest BCUT2D eigenvalue weighted by atomic mass is 9.99. The molecule has 0 N–H and O–H groups in total. The quantitative estimate of drug-likeness (QED) is 0.634. The summed E-state index contributed by atoms with van der Waals surface area (Å²) < 4.78 is 10.6. The first-order valence-corrected chi connectivity index (χ1v) is 6.92. The fourth-order valence-electron chi connectivity index (χ4n) is 2.09. The van der Waals surface area contributed by atoms with E-state index in [1.807, 2.05) is 12.1 Å². The molecule has 0 saturated heterocycles. The highest BCUT2D eigenvalue weighted by Crippen LogP contribution is 2.26. The van der Waals surface area contributed by atoms with Crippen LogP contribution in [0, 0.1) is 5.92 Å². The van der Waals surface area contributed by atoms with Crippen LogP contribution < -0.4 is 9.47 Å². The van der Waals surface area contributed by atoms with Crippen LogP contribution in [0.1, 0.15) is 45.1 Å². The molecule has 0 aliphatic heterocycles. The number of hydrogen-bond donors (Lipinski definition) is 0. The average molecular weight is 250 g/mol. The highest BCUT2D eigenvalue weighted by atomic mass is 16.5. The van der Waals surface area contributed by atoms with Crippen molar-refractivity contribution in [3.63, 3.8) is 0 Å². The Bertz CT molecular complexity index is 347. The van der Waals surface area contributed by atoms with Crippen LogP contribution in [0.3, 0.4) is 0 Å². The van der Waals surface area contributed by atoms with E-state index in [4.69, 9.17) is 9.47 Å². The van der Waals surface area contributed by atoms with Gasteiger partial charge in [0.15, 0.2) is 0 Å². The van der Waals surface area contributed by atoms with Crippen LogP contribution in [0.4, 0.5) is 0 Å². The van der Waals surface area contributed by atoms with E-state index in [1.165, 1.54) is 31.2 Å². The molecule has 0 aliphatic carbocycles. The third-order valence-electron chi connectivity index (χ3n) is 3.58. The first-order valence-electron chi connectivity index (χ1n) is 6.92. The summed E-state index contributed by atoms with van der Waals surface area (Å²) in [6.45, 7) is 4.59. The van der Waals surface area contributed by atoms with Gasteiger partial charge in [-0.25, -0.2) is 0 Å². The molecular formula is C16H26O2. The van der Waals surface area contributed by atoms with Gasteiger partial charge in [0, 0.05) is 0 Å². The van der Waals surface area contributed by atoms with Crippen molar-refractivity contribution in [1.82, 2.24) is 0 Å². The molecule has 1 unspecified atom stereocenters. The third-order valence-corrected chi connectivity index (χ3v) is 3.58. The van der Waals surface area contributed by atoms with Crippen LogP contribution in [-0.2, 0) is 6.42 Å². The third kappa shape index (κ3) is 4.59. The van der Waals surface area contributed by atoms with Crippen molar-refractivity contribution in [2.45, 2.75) is 46.0 Å². The Kier molecular flexibility index (Phi) is 6.63. The lowest BCUT2D eigenvalue weighted by Crippen LogP contribution is -1.96. The summed E-state index contributed by atoms with van der Waals surface area (Å²) in [5.41, 5.74) is 1.25. The molecule has 0 spiro atoms. The maximum atomic E-state index is 5.39. The van der Waals surface area contributed by atoms with E-state index >= 15 is 0 Å². The maximum Gasteiger partial charge on any atom is 0.122 e. The van der Waals surface area contributed by atoms with Crippen LogP contribution in [-0.4, -0.2) is 14.2 Å². The molecule has 2 nitrogen and oxygen atoms in total. The molecule has 18 heavy (non-hydrogen) atoms. The lowest BCUT2D eigenvalue weighted by molar-refractivity contribution is 0.397. The first kappa shape index (κ1) is 14.9. The molecule has 0 aliphatic rings. The van der Waals surface area contributed by atoms with Crippen LogP contribution in [0.25, 0.3) is 0 Å². The molecule has 102 valence electrons. The minimum absolute atomic E-state index is 0.845. The number of ether oxygens (including phenoxy) is 2.